The zero-order valence-corrected chi connectivity index (χ0v) is 23.1. The summed E-state index contributed by atoms with van der Waals surface area (Å²) in [5.41, 5.74) is 1.66. The molecule has 1 aliphatic rings. The lowest BCUT2D eigenvalue weighted by molar-refractivity contribution is -0.384. The number of nitro groups is 1. The van der Waals surface area contributed by atoms with Gasteiger partial charge in [-0.1, -0.05) is 13.0 Å². The van der Waals surface area contributed by atoms with Gasteiger partial charge in [0.05, 0.1) is 27.8 Å². The zero-order valence-electron chi connectivity index (χ0n) is 22.3. The highest BCUT2D eigenvalue weighted by Crippen LogP contribution is 2.31. The largest absolute Gasteiger partial charge is 0.383 e. The molecule has 39 heavy (non-hydrogen) atoms. The summed E-state index contributed by atoms with van der Waals surface area (Å²) < 4.78 is 49.8. The number of piperazine rings is 1. The standard InChI is InChI=1S/C26H33FN6O5S/c1-4-29-12-14-30(15-13-29)26-25(20(2)28-32(26)23-7-5-6-21(27)18-23)19-31(16-17-38-3)39(36,37)24-10-8-22(9-11-24)33(34)35/h5-11,18H,4,12-17,19H2,1-3H3. The van der Waals surface area contributed by atoms with Gasteiger partial charge >= 0.3 is 0 Å². The van der Waals surface area contributed by atoms with Crippen LogP contribution in [0.2, 0.25) is 0 Å². The Morgan fingerprint density at radius 3 is 2.41 bits per heavy atom. The van der Waals surface area contributed by atoms with Gasteiger partial charge in [-0.25, -0.2) is 17.5 Å². The number of hydrogen-bond donors (Lipinski definition) is 0. The number of halogens is 1. The van der Waals surface area contributed by atoms with E-state index >= 15 is 0 Å². The van der Waals surface area contributed by atoms with Crippen molar-refractivity contribution in [1.82, 2.24) is 19.0 Å². The number of methoxy groups -OCH3 is 1. The number of nitrogens with zero attached hydrogens (tertiary/aromatic N) is 6. The Kier molecular flexibility index (Phi) is 8.95. The molecule has 2 heterocycles. The first-order chi connectivity index (χ1) is 18.6. The quantitative estimate of drug-likeness (QED) is 0.260. The monoisotopic (exact) mass is 560 g/mol. The highest BCUT2D eigenvalue weighted by atomic mass is 32.2. The fourth-order valence-corrected chi connectivity index (χ4v) is 6.06. The summed E-state index contributed by atoms with van der Waals surface area (Å²) in [5, 5.41) is 15.8. The van der Waals surface area contributed by atoms with Crippen LogP contribution in [-0.2, 0) is 21.3 Å². The van der Waals surface area contributed by atoms with E-state index in [-0.39, 0.29) is 30.3 Å². The molecule has 210 valence electrons. The Morgan fingerprint density at radius 1 is 1.13 bits per heavy atom. The topological polar surface area (TPSA) is 114 Å². The van der Waals surface area contributed by atoms with Crippen LogP contribution < -0.4 is 4.90 Å². The molecule has 4 rings (SSSR count). The van der Waals surface area contributed by atoms with E-state index in [1.165, 1.54) is 47.8 Å². The fraction of sp³-hybridized carbons (Fsp3) is 0.423. The average molecular weight is 561 g/mol. The van der Waals surface area contributed by atoms with E-state index in [4.69, 9.17) is 9.84 Å². The smallest absolute Gasteiger partial charge is 0.269 e. The van der Waals surface area contributed by atoms with Crippen molar-refractivity contribution in [3.05, 3.63) is 75.7 Å². The maximum atomic E-state index is 14.2. The van der Waals surface area contributed by atoms with Crippen LogP contribution in [0.3, 0.4) is 0 Å². The maximum absolute atomic E-state index is 14.2. The lowest BCUT2D eigenvalue weighted by Crippen LogP contribution is -2.47. The fourth-order valence-electron chi connectivity index (χ4n) is 4.66. The Hall–Kier alpha value is -3.39. The molecular weight excluding hydrogens is 527 g/mol. The van der Waals surface area contributed by atoms with Crippen molar-refractivity contribution in [2.24, 2.45) is 0 Å². The van der Waals surface area contributed by atoms with Crippen molar-refractivity contribution in [1.29, 1.82) is 0 Å². The summed E-state index contributed by atoms with van der Waals surface area (Å²) >= 11 is 0. The highest BCUT2D eigenvalue weighted by Gasteiger charge is 2.31. The first-order valence-electron chi connectivity index (χ1n) is 12.7. The number of likely N-dealkylation sites (N-methyl/N-ethyl adjacent to an activating group) is 1. The number of rotatable bonds is 11. The zero-order chi connectivity index (χ0) is 28.2. The van der Waals surface area contributed by atoms with Crippen molar-refractivity contribution in [2.45, 2.75) is 25.3 Å². The predicted octanol–water partition coefficient (Wildman–Crippen LogP) is 3.21. The molecule has 1 aromatic heterocycles. The van der Waals surface area contributed by atoms with Gasteiger partial charge < -0.3 is 14.5 Å². The molecule has 3 aromatic rings. The molecule has 0 unspecified atom stereocenters. The van der Waals surface area contributed by atoms with Crippen LogP contribution in [0.5, 0.6) is 0 Å². The van der Waals surface area contributed by atoms with Crippen LogP contribution in [-0.4, -0.2) is 85.3 Å². The maximum Gasteiger partial charge on any atom is 0.269 e. The van der Waals surface area contributed by atoms with Gasteiger partial charge in [0, 0.05) is 64.1 Å². The Bertz CT molecular complexity index is 1400. The minimum Gasteiger partial charge on any atom is -0.383 e. The summed E-state index contributed by atoms with van der Waals surface area (Å²) in [6, 6.07) is 11.0. The molecule has 11 nitrogen and oxygen atoms in total. The van der Waals surface area contributed by atoms with E-state index in [0.29, 0.717) is 30.0 Å². The van der Waals surface area contributed by atoms with E-state index in [1.807, 2.05) is 6.92 Å². The third-order valence-electron chi connectivity index (χ3n) is 6.89. The van der Waals surface area contributed by atoms with Crippen molar-refractivity contribution in [3.63, 3.8) is 0 Å². The number of aromatic nitrogens is 2. The van der Waals surface area contributed by atoms with Crippen molar-refractivity contribution < 1.29 is 22.5 Å². The Labute approximate surface area is 227 Å². The molecule has 0 bridgehead atoms. The number of aryl methyl sites for hydroxylation is 1. The molecule has 1 aliphatic heterocycles. The second kappa shape index (κ2) is 12.2. The summed E-state index contributed by atoms with van der Waals surface area (Å²) in [7, 11) is -2.56. The van der Waals surface area contributed by atoms with Crippen molar-refractivity contribution in [3.8, 4) is 5.69 Å². The second-order valence-corrected chi connectivity index (χ2v) is 11.2. The molecule has 1 fully saturated rings. The molecule has 2 aromatic carbocycles. The minimum atomic E-state index is -4.05. The van der Waals surface area contributed by atoms with Gasteiger partial charge in [-0.05, 0) is 43.8 Å². The Balaban J connectivity index is 1.77. The van der Waals surface area contributed by atoms with Crippen molar-refractivity contribution in [2.75, 3.05) is 57.9 Å². The lowest BCUT2D eigenvalue weighted by Gasteiger charge is -2.36. The minimum absolute atomic E-state index is 0.00679. The molecule has 0 amide bonds. The third kappa shape index (κ3) is 6.27. The van der Waals surface area contributed by atoms with Crippen LogP contribution in [0.25, 0.3) is 5.69 Å². The third-order valence-corrected chi connectivity index (χ3v) is 8.75. The number of sulfonamides is 1. The molecule has 1 saturated heterocycles. The SMILES string of the molecule is CCN1CCN(c2c(CN(CCOC)S(=O)(=O)c3ccc([N+](=O)[O-])cc3)c(C)nn2-c2cccc(F)c2)CC1. The number of hydrogen-bond acceptors (Lipinski definition) is 8. The van der Waals surface area contributed by atoms with E-state index in [1.54, 1.807) is 16.8 Å². The van der Waals surface area contributed by atoms with Crippen LogP contribution in [0.4, 0.5) is 15.9 Å². The van der Waals surface area contributed by atoms with Gasteiger partial charge in [0.25, 0.3) is 5.69 Å². The summed E-state index contributed by atoms with van der Waals surface area (Å²) in [5.74, 6) is 0.321. The van der Waals surface area contributed by atoms with Gasteiger partial charge in [0.2, 0.25) is 10.0 Å². The molecule has 0 N–H and O–H groups in total. The van der Waals surface area contributed by atoms with E-state index in [9.17, 15) is 22.9 Å². The summed E-state index contributed by atoms with van der Waals surface area (Å²) in [6.45, 7) is 8.12. The van der Waals surface area contributed by atoms with Crippen LogP contribution in [0.1, 0.15) is 18.2 Å². The normalized spacial score (nSPS) is 14.7. The molecule has 0 radical (unpaired) electrons. The van der Waals surface area contributed by atoms with Gasteiger partial charge in [-0.2, -0.15) is 9.40 Å². The molecule has 13 heteroatoms. The van der Waals surface area contributed by atoms with Crippen LogP contribution >= 0.6 is 0 Å². The average Bonchev–Trinajstić information content (AvgIpc) is 3.26. The van der Waals surface area contributed by atoms with Gasteiger partial charge in [-0.15, -0.1) is 0 Å². The molecular formula is C26H33FN6O5S. The van der Waals surface area contributed by atoms with E-state index in [2.05, 4.69) is 16.7 Å². The number of ether oxygens (including phenoxy) is 1. The molecule has 0 saturated carbocycles. The number of anilines is 1. The van der Waals surface area contributed by atoms with Crippen molar-refractivity contribution >= 4 is 21.5 Å². The summed E-state index contributed by atoms with van der Waals surface area (Å²) in [4.78, 5) is 14.9. The first kappa shape index (κ1) is 28.6. The number of benzene rings is 2. The van der Waals surface area contributed by atoms with Gasteiger partial charge in [-0.3, -0.25) is 10.1 Å². The predicted molar refractivity (Wildman–Crippen MR) is 145 cm³/mol. The molecule has 0 spiro atoms. The van der Waals surface area contributed by atoms with Crippen LogP contribution in [0.15, 0.2) is 53.4 Å². The number of non-ortho nitro benzene ring substituents is 1. The lowest BCUT2D eigenvalue weighted by atomic mass is 10.2. The van der Waals surface area contributed by atoms with Crippen LogP contribution in [0, 0.1) is 22.9 Å². The van der Waals surface area contributed by atoms with E-state index in [0.717, 1.165) is 25.5 Å². The van der Waals surface area contributed by atoms with E-state index < -0.39 is 20.8 Å². The molecule has 0 aliphatic carbocycles. The number of nitro benzene ring substituents is 1. The Morgan fingerprint density at radius 2 is 1.82 bits per heavy atom. The molecule has 0 atom stereocenters. The van der Waals surface area contributed by atoms with Gasteiger partial charge in [0.15, 0.2) is 0 Å². The highest BCUT2D eigenvalue weighted by molar-refractivity contribution is 7.89. The first-order valence-corrected chi connectivity index (χ1v) is 14.1. The second-order valence-electron chi connectivity index (χ2n) is 9.28. The summed E-state index contributed by atoms with van der Waals surface area (Å²) in [6.07, 6.45) is 0. The van der Waals surface area contributed by atoms with Gasteiger partial charge in [0.1, 0.15) is 11.6 Å².